The summed E-state index contributed by atoms with van der Waals surface area (Å²) in [5.74, 6) is 0. The van der Waals surface area contributed by atoms with Crippen LogP contribution in [0.15, 0.2) is 72.0 Å². The van der Waals surface area contributed by atoms with E-state index in [1.165, 1.54) is 5.56 Å². The molecule has 5 rings (SSSR count). The van der Waals surface area contributed by atoms with Crippen LogP contribution in [0, 0.1) is 5.41 Å². The Morgan fingerprint density at radius 1 is 1.03 bits per heavy atom. The summed E-state index contributed by atoms with van der Waals surface area (Å²) in [6.07, 6.45) is 9.93. The van der Waals surface area contributed by atoms with Gasteiger partial charge in [0.25, 0.3) is 5.56 Å². The van der Waals surface area contributed by atoms with Crippen LogP contribution in [0.4, 0.5) is 0 Å². The van der Waals surface area contributed by atoms with Gasteiger partial charge in [0.1, 0.15) is 0 Å². The summed E-state index contributed by atoms with van der Waals surface area (Å²) in [7, 11) is 0. The van der Waals surface area contributed by atoms with Crippen LogP contribution in [0.2, 0.25) is 0 Å². The van der Waals surface area contributed by atoms with Crippen LogP contribution in [0.5, 0.6) is 0 Å². The Bertz CT molecular complexity index is 1110. The zero-order valence-corrected chi connectivity index (χ0v) is 18.4. The summed E-state index contributed by atoms with van der Waals surface area (Å²) in [5.41, 5.74) is 1.51. The minimum absolute atomic E-state index is 0.132. The summed E-state index contributed by atoms with van der Waals surface area (Å²) in [4.78, 5) is 24.0. The van der Waals surface area contributed by atoms with Gasteiger partial charge >= 0.3 is 0 Å². The second-order valence-electron chi connectivity index (χ2n) is 9.45. The van der Waals surface area contributed by atoms with Gasteiger partial charge in [0, 0.05) is 49.1 Å². The first kappa shape index (κ1) is 21.0. The van der Waals surface area contributed by atoms with Crippen molar-refractivity contribution in [2.45, 2.75) is 50.8 Å². The average Bonchev–Trinajstić information content (AvgIpc) is 3.29. The minimum Gasteiger partial charge on any atom is -0.387 e. The fourth-order valence-corrected chi connectivity index (χ4v) is 5.66. The van der Waals surface area contributed by atoms with Gasteiger partial charge in [0.05, 0.1) is 24.2 Å². The number of aliphatic hydroxyl groups is 1. The quantitative estimate of drug-likeness (QED) is 0.671. The van der Waals surface area contributed by atoms with Crippen molar-refractivity contribution in [2.75, 3.05) is 13.1 Å². The van der Waals surface area contributed by atoms with Gasteiger partial charge in [-0.1, -0.05) is 43.2 Å². The maximum Gasteiger partial charge on any atom is 0.253 e. The molecular weight excluding hydrogens is 400 g/mol. The van der Waals surface area contributed by atoms with E-state index >= 15 is 0 Å². The molecule has 1 saturated heterocycles. The van der Waals surface area contributed by atoms with E-state index in [4.69, 9.17) is 0 Å². The van der Waals surface area contributed by atoms with E-state index in [1.807, 2.05) is 18.2 Å². The molecule has 1 aromatic carbocycles. The summed E-state index contributed by atoms with van der Waals surface area (Å²) in [5, 5.41) is 11.9. The lowest BCUT2D eigenvalue weighted by atomic mass is 9.66. The molecule has 1 unspecified atom stereocenters. The molecular formula is C26H30N4O2. The van der Waals surface area contributed by atoms with Crippen LogP contribution in [0.1, 0.15) is 37.7 Å². The Hall–Kier alpha value is -2.83. The molecule has 0 amide bonds. The van der Waals surface area contributed by atoms with Crippen molar-refractivity contribution in [1.82, 2.24) is 19.4 Å². The molecule has 1 saturated carbocycles. The fourth-order valence-electron chi connectivity index (χ4n) is 5.66. The largest absolute Gasteiger partial charge is 0.387 e. The number of piperidine rings is 1. The highest BCUT2D eigenvalue weighted by molar-refractivity contribution is 5.56. The summed E-state index contributed by atoms with van der Waals surface area (Å²) >= 11 is 0. The summed E-state index contributed by atoms with van der Waals surface area (Å²) in [6.45, 7) is 2.89. The van der Waals surface area contributed by atoms with Crippen molar-refractivity contribution in [1.29, 1.82) is 0 Å². The lowest BCUT2D eigenvalue weighted by molar-refractivity contribution is -0.144. The number of pyridine rings is 1. The SMILES string of the molecule is O=c1cc(-c2cccnc2)ncn1CC1(O)CCN(Cc2ccccc2)CC12CCCC2. The molecule has 1 aliphatic carbocycles. The molecule has 2 aromatic heterocycles. The molecule has 166 valence electrons. The second kappa shape index (κ2) is 8.60. The molecule has 0 bridgehead atoms. The van der Waals surface area contributed by atoms with Gasteiger partial charge in [-0.2, -0.15) is 0 Å². The summed E-state index contributed by atoms with van der Waals surface area (Å²) in [6, 6.07) is 15.8. The highest BCUT2D eigenvalue weighted by Gasteiger charge is 2.54. The first-order valence-corrected chi connectivity index (χ1v) is 11.5. The third kappa shape index (κ3) is 4.00. The molecule has 1 aliphatic heterocycles. The minimum atomic E-state index is -0.905. The van der Waals surface area contributed by atoms with Crippen molar-refractivity contribution in [2.24, 2.45) is 5.41 Å². The van der Waals surface area contributed by atoms with Crippen LogP contribution >= 0.6 is 0 Å². The van der Waals surface area contributed by atoms with Crippen molar-refractivity contribution in [3.8, 4) is 11.3 Å². The Labute approximate surface area is 188 Å². The zero-order valence-electron chi connectivity index (χ0n) is 18.4. The molecule has 2 aliphatic rings. The van der Waals surface area contributed by atoms with Crippen molar-refractivity contribution in [3.05, 3.63) is 83.2 Å². The van der Waals surface area contributed by atoms with Gasteiger partial charge in [-0.15, -0.1) is 0 Å². The zero-order chi connectivity index (χ0) is 22.0. The monoisotopic (exact) mass is 430 g/mol. The van der Waals surface area contributed by atoms with E-state index in [2.05, 4.69) is 39.1 Å². The molecule has 1 spiro atoms. The van der Waals surface area contributed by atoms with Crippen molar-refractivity contribution < 1.29 is 5.11 Å². The number of benzene rings is 1. The first-order chi connectivity index (χ1) is 15.6. The molecule has 32 heavy (non-hydrogen) atoms. The first-order valence-electron chi connectivity index (χ1n) is 11.5. The van der Waals surface area contributed by atoms with Crippen LogP contribution in [0.25, 0.3) is 11.3 Å². The normalized spacial score (nSPS) is 22.9. The van der Waals surface area contributed by atoms with Crippen molar-refractivity contribution >= 4 is 0 Å². The average molecular weight is 431 g/mol. The van der Waals surface area contributed by atoms with Gasteiger partial charge in [-0.05, 0) is 37.0 Å². The number of hydrogen-bond donors (Lipinski definition) is 1. The molecule has 3 heterocycles. The molecule has 2 fully saturated rings. The third-order valence-electron chi connectivity index (χ3n) is 7.43. The molecule has 6 heteroatoms. The maximum atomic E-state index is 12.9. The van der Waals surface area contributed by atoms with E-state index in [1.54, 1.807) is 29.4 Å². The van der Waals surface area contributed by atoms with Crippen LogP contribution in [-0.2, 0) is 13.1 Å². The lowest BCUT2D eigenvalue weighted by Crippen LogP contribution is -2.61. The highest BCUT2D eigenvalue weighted by atomic mass is 16.3. The Morgan fingerprint density at radius 2 is 1.84 bits per heavy atom. The lowest BCUT2D eigenvalue weighted by Gasteiger charge is -2.52. The van der Waals surface area contributed by atoms with Gasteiger partial charge < -0.3 is 5.11 Å². The number of nitrogens with zero attached hydrogens (tertiary/aromatic N) is 4. The standard InChI is InChI=1S/C26H30N4O2/c31-24-15-23(22-9-6-13-27-16-22)28-20-30(24)19-26(32)12-14-29(17-21-7-2-1-3-8-21)18-25(26)10-4-5-11-25/h1-3,6-9,13,15-16,20,32H,4-5,10-12,14,17-19H2. The number of hydrogen-bond acceptors (Lipinski definition) is 5. The molecule has 3 aromatic rings. The highest BCUT2D eigenvalue weighted by Crippen LogP contribution is 2.51. The molecule has 1 atom stereocenters. The Kier molecular flexibility index (Phi) is 5.66. The van der Waals surface area contributed by atoms with Crippen LogP contribution < -0.4 is 5.56 Å². The van der Waals surface area contributed by atoms with E-state index < -0.39 is 5.60 Å². The number of aromatic nitrogens is 3. The molecule has 6 nitrogen and oxygen atoms in total. The number of rotatable bonds is 5. The van der Waals surface area contributed by atoms with E-state index in [0.717, 1.165) is 50.9 Å². The second-order valence-corrected chi connectivity index (χ2v) is 9.45. The van der Waals surface area contributed by atoms with Crippen molar-refractivity contribution in [3.63, 3.8) is 0 Å². The summed E-state index contributed by atoms with van der Waals surface area (Å²) < 4.78 is 1.59. The topological polar surface area (TPSA) is 71.2 Å². The molecule has 0 radical (unpaired) electrons. The van der Waals surface area contributed by atoms with Gasteiger partial charge in [0.2, 0.25) is 0 Å². The van der Waals surface area contributed by atoms with E-state index in [9.17, 15) is 9.90 Å². The third-order valence-corrected chi connectivity index (χ3v) is 7.43. The maximum absolute atomic E-state index is 12.9. The Balaban J connectivity index is 1.37. The number of likely N-dealkylation sites (tertiary alicyclic amines) is 1. The van der Waals surface area contributed by atoms with Gasteiger partial charge in [-0.25, -0.2) is 4.98 Å². The predicted molar refractivity (Wildman–Crippen MR) is 124 cm³/mol. The van der Waals surface area contributed by atoms with E-state index in [0.29, 0.717) is 18.7 Å². The molecule has 1 N–H and O–H groups in total. The van der Waals surface area contributed by atoms with Gasteiger partial charge in [-0.3, -0.25) is 19.2 Å². The predicted octanol–water partition coefficient (Wildman–Crippen LogP) is 3.50. The fraction of sp³-hybridized carbons (Fsp3) is 0.423. The van der Waals surface area contributed by atoms with Gasteiger partial charge in [0.15, 0.2) is 0 Å². The Morgan fingerprint density at radius 3 is 2.56 bits per heavy atom. The smallest absolute Gasteiger partial charge is 0.253 e. The van der Waals surface area contributed by atoms with Crippen LogP contribution in [0.3, 0.4) is 0 Å². The van der Waals surface area contributed by atoms with Crippen LogP contribution in [-0.4, -0.2) is 43.2 Å². The van der Waals surface area contributed by atoms with E-state index in [-0.39, 0.29) is 11.0 Å².